The fraction of sp³-hybridized carbons (Fsp3) is 0.778. The van der Waals surface area contributed by atoms with Gasteiger partial charge in [0, 0.05) is 3.92 Å². The van der Waals surface area contributed by atoms with Gasteiger partial charge in [0.2, 0.25) is 0 Å². The third-order valence-corrected chi connectivity index (χ3v) is 3.77. The lowest BCUT2D eigenvalue weighted by molar-refractivity contribution is 0.680. The van der Waals surface area contributed by atoms with Crippen LogP contribution in [0.1, 0.15) is 39.0 Å². The molecule has 0 aliphatic heterocycles. The van der Waals surface area contributed by atoms with Crippen molar-refractivity contribution in [2.45, 2.75) is 43.0 Å². The third-order valence-electron chi connectivity index (χ3n) is 2.09. The van der Waals surface area contributed by atoms with Crippen LogP contribution in [-0.4, -0.2) is 3.92 Å². The number of hydrogen-bond donors (Lipinski definition) is 0. The van der Waals surface area contributed by atoms with Gasteiger partial charge in [-0.1, -0.05) is 41.2 Å². The minimum Gasteiger partial charge on any atom is -0.0843 e. The molecule has 0 saturated heterocycles. The van der Waals surface area contributed by atoms with E-state index in [-0.39, 0.29) is 0 Å². The Balaban J connectivity index is 2.44. The summed E-state index contributed by atoms with van der Waals surface area (Å²) in [6.07, 6.45) is 9.27. The molecule has 1 aliphatic rings. The standard InChI is InChI=1S/C9H15I/c1-2-9(10)8-6-4-3-5-7-8/h6,9H,2-5,7H2,1H3/t9-/m0/s1. The summed E-state index contributed by atoms with van der Waals surface area (Å²) in [6, 6.07) is 0. The van der Waals surface area contributed by atoms with E-state index in [0.29, 0.717) is 0 Å². The molecule has 10 heavy (non-hydrogen) atoms. The van der Waals surface area contributed by atoms with Crippen LogP contribution in [0, 0.1) is 0 Å². The predicted molar refractivity (Wildman–Crippen MR) is 54.7 cm³/mol. The molecule has 1 heteroatoms. The van der Waals surface area contributed by atoms with E-state index in [1.807, 2.05) is 0 Å². The summed E-state index contributed by atoms with van der Waals surface area (Å²) in [5.41, 5.74) is 1.70. The van der Waals surface area contributed by atoms with Crippen LogP contribution in [0.15, 0.2) is 11.6 Å². The largest absolute Gasteiger partial charge is 0.0843 e. The van der Waals surface area contributed by atoms with Gasteiger partial charge in [-0.15, -0.1) is 0 Å². The Morgan fingerprint density at radius 1 is 1.60 bits per heavy atom. The summed E-state index contributed by atoms with van der Waals surface area (Å²) >= 11 is 2.56. The van der Waals surface area contributed by atoms with Gasteiger partial charge in [0.15, 0.2) is 0 Å². The van der Waals surface area contributed by atoms with Crippen LogP contribution in [-0.2, 0) is 0 Å². The van der Waals surface area contributed by atoms with E-state index in [0.717, 1.165) is 3.92 Å². The monoisotopic (exact) mass is 250 g/mol. The molecule has 0 bridgehead atoms. The molecule has 0 spiro atoms. The molecule has 0 radical (unpaired) electrons. The Morgan fingerprint density at radius 3 is 2.90 bits per heavy atom. The summed E-state index contributed by atoms with van der Waals surface area (Å²) in [5.74, 6) is 0. The molecule has 0 N–H and O–H groups in total. The lowest BCUT2D eigenvalue weighted by Crippen LogP contribution is -2.03. The highest BCUT2D eigenvalue weighted by Crippen LogP contribution is 2.26. The molecule has 0 fully saturated rings. The Hall–Kier alpha value is 0.470. The number of hydrogen-bond acceptors (Lipinski definition) is 0. The summed E-state index contributed by atoms with van der Waals surface area (Å²) in [6.45, 7) is 2.27. The Morgan fingerprint density at radius 2 is 2.40 bits per heavy atom. The smallest absolute Gasteiger partial charge is 0.0316 e. The van der Waals surface area contributed by atoms with Crippen molar-refractivity contribution in [3.8, 4) is 0 Å². The van der Waals surface area contributed by atoms with Gasteiger partial charge in [0.1, 0.15) is 0 Å². The molecule has 1 aliphatic carbocycles. The van der Waals surface area contributed by atoms with Gasteiger partial charge < -0.3 is 0 Å². The van der Waals surface area contributed by atoms with Gasteiger partial charge in [-0.3, -0.25) is 0 Å². The van der Waals surface area contributed by atoms with Crippen LogP contribution in [0.4, 0.5) is 0 Å². The number of alkyl halides is 1. The number of halogens is 1. The average Bonchev–Trinajstić information content (AvgIpc) is 2.05. The highest BCUT2D eigenvalue weighted by Gasteiger charge is 2.09. The van der Waals surface area contributed by atoms with E-state index in [1.54, 1.807) is 5.57 Å². The SMILES string of the molecule is CC[C@H](I)C1=CCCCC1. The van der Waals surface area contributed by atoms with Crippen molar-refractivity contribution in [2.75, 3.05) is 0 Å². The maximum absolute atomic E-state index is 2.56. The first-order valence-corrected chi connectivity index (χ1v) is 5.42. The van der Waals surface area contributed by atoms with Crippen LogP contribution < -0.4 is 0 Å². The molecule has 0 aromatic carbocycles. The first-order valence-electron chi connectivity index (χ1n) is 4.17. The predicted octanol–water partition coefficient (Wildman–Crippen LogP) is 3.70. The second-order valence-corrected chi connectivity index (χ2v) is 4.40. The fourth-order valence-electron chi connectivity index (χ4n) is 1.41. The summed E-state index contributed by atoms with van der Waals surface area (Å²) in [7, 11) is 0. The molecular formula is C9H15I. The summed E-state index contributed by atoms with van der Waals surface area (Å²) in [4.78, 5) is 0. The van der Waals surface area contributed by atoms with Crippen LogP contribution in [0.25, 0.3) is 0 Å². The van der Waals surface area contributed by atoms with Gasteiger partial charge >= 0.3 is 0 Å². The zero-order chi connectivity index (χ0) is 7.40. The van der Waals surface area contributed by atoms with E-state index in [1.165, 1.54) is 32.1 Å². The minimum absolute atomic E-state index is 0.817. The quantitative estimate of drug-likeness (QED) is 0.398. The lowest BCUT2D eigenvalue weighted by atomic mass is 9.96. The van der Waals surface area contributed by atoms with Crippen molar-refractivity contribution in [3.05, 3.63) is 11.6 Å². The molecule has 0 aromatic heterocycles. The van der Waals surface area contributed by atoms with Crippen LogP contribution in [0.3, 0.4) is 0 Å². The first kappa shape index (κ1) is 8.57. The zero-order valence-corrected chi connectivity index (χ0v) is 8.73. The van der Waals surface area contributed by atoms with Crippen LogP contribution in [0.5, 0.6) is 0 Å². The van der Waals surface area contributed by atoms with Gasteiger partial charge in [0.25, 0.3) is 0 Å². The van der Waals surface area contributed by atoms with E-state index in [4.69, 9.17) is 0 Å². The van der Waals surface area contributed by atoms with Crippen molar-refractivity contribution >= 4 is 22.6 Å². The van der Waals surface area contributed by atoms with Crippen molar-refractivity contribution in [1.29, 1.82) is 0 Å². The maximum atomic E-state index is 2.56. The van der Waals surface area contributed by atoms with Crippen molar-refractivity contribution in [1.82, 2.24) is 0 Å². The fourth-order valence-corrected chi connectivity index (χ4v) is 1.98. The van der Waals surface area contributed by atoms with Crippen LogP contribution >= 0.6 is 22.6 Å². The molecule has 0 aromatic rings. The molecule has 58 valence electrons. The van der Waals surface area contributed by atoms with E-state index in [2.05, 4.69) is 35.6 Å². The van der Waals surface area contributed by atoms with Crippen molar-refractivity contribution in [3.63, 3.8) is 0 Å². The molecule has 0 heterocycles. The van der Waals surface area contributed by atoms with Crippen molar-refractivity contribution < 1.29 is 0 Å². The molecular weight excluding hydrogens is 235 g/mol. The third kappa shape index (κ3) is 2.26. The number of allylic oxidation sites excluding steroid dienone is 2. The first-order chi connectivity index (χ1) is 4.84. The molecule has 1 atom stereocenters. The van der Waals surface area contributed by atoms with E-state index >= 15 is 0 Å². The lowest BCUT2D eigenvalue weighted by Gasteiger charge is -2.16. The molecule has 0 amide bonds. The Kier molecular flexibility index (Phi) is 3.74. The minimum atomic E-state index is 0.817. The highest BCUT2D eigenvalue weighted by atomic mass is 127. The molecule has 0 unspecified atom stereocenters. The Labute approximate surface area is 77.2 Å². The highest BCUT2D eigenvalue weighted by molar-refractivity contribution is 14.1. The second kappa shape index (κ2) is 4.37. The normalized spacial score (nSPS) is 22.0. The average molecular weight is 250 g/mol. The van der Waals surface area contributed by atoms with Gasteiger partial charge in [-0.05, 0) is 32.1 Å². The zero-order valence-electron chi connectivity index (χ0n) is 6.57. The maximum Gasteiger partial charge on any atom is 0.0316 e. The summed E-state index contributed by atoms with van der Waals surface area (Å²) in [5, 5.41) is 0. The topological polar surface area (TPSA) is 0 Å². The number of rotatable bonds is 2. The summed E-state index contributed by atoms with van der Waals surface area (Å²) < 4.78 is 0.817. The van der Waals surface area contributed by atoms with Gasteiger partial charge in [-0.2, -0.15) is 0 Å². The second-order valence-electron chi connectivity index (χ2n) is 2.90. The van der Waals surface area contributed by atoms with E-state index < -0.39 is 0 Å². The van der Waals surface area contributed by atoms with Crippen molar-refractivity contribution in [2.24, 2.45) is 0 Å². The molecule has 1 rings (SSSR count). The Bertz CT molecular complexity index is 127. The van der Waals surface area contributed by atoms with E-state index in [9.17, 15) is 0 Å². The van der Waals surface area contributed by atoms with Gasteiger partial charge in [-0.25, -0.2) is 0 Å². The van der Waals surface area contributed by atoms with Gasteiger partial charge in [0.05, 0.1) is 0 Å². The molecule has 0 saturated carbocycles. The van der Waals surface area contributed by atoms with Crippen LogP contribution in [0.2, 0.25) is 0 Å². The molecule has 0 nitrogen and oxygen atoms in total.